The Labute approximate surface area is 118 Å². The fourth-order valence-electron chi connectivity index (χ4n) is 3.21. The molecule has 1 spiro atoms. The number of benzene rings is 1. The summed E-state index contributed by atoms with van der Waals surface area (Å²) >= 11 is 0. The van der Waals surface area contributed by atoms with E-state index in [1.807, 2.05) is 0 Å². The monoisotopic (exact) mass is 288 g/mol. The standard InChI is InChI=1S/C14H18F2N2.ClH/c15-12-1-2-13(16)11(7-12)8-18-6-4-14(10-18)3-5-17-9-14;/h1-2,7,17H,3-6,8-10H2;1H. The molecule has 2 aliphatic rings. The van der Waals surface area contributed by atoms with Crippen molar-refractivity contribution in [1.29, 1.82) is 0 Å². The lowest BCUT2D eigenvalue weighted by molar-refractivity contribution is 0.265. The lowest BCUT2D eigenvalue weighted by atomic mass is 9.86. The molecule has 2 nitrogen and oxygen atoms in total. The molecule has 1 unspecified atom stereocenters. The van der Waals surface area contributed by atoms with Crippen LogP contribution in [0.15, 0.2) is 18.2 Å². The SMILES string of the molecule is Cl.Fc1ccc(F)c(CN2CCC3(CCNC3)C2)c1. The normalized spacial score (nSPS) is 26.8. The molecule has 5 heteroatoms. The van der Waals surface area contributed by atoms with Crippen molar-refractivity contribution in [2.24, 2.45) is 5.41 Å². The molecule has 0 aliphatic carbocycles. The van der Waals surface area contributed by atoms with Crippen molar-refractivity contribution in [2.45, 2.75) is 19.4 Å². The Kier molecular flexibility index (Phi) is 4.43. The predicted octanol–water partition coefficient (Wildman–Crippen LogP) is 2.57. The fraction of sp³-hybridized carbons (Fsp3) is 0.571. The summed E-state index contributed by atoms with van der Waals surface area (Å²) in [6.45, 7) is 4.65. The van der Waals surface area contributed by atoms with Crippen LogP contribution >= 0.6 is 12.4 Å². The van der Waals surface area contributed by atoms with Gasteiger partial charge in [0.05, 0.1) is 0 Å². The van der Waals surface area contributed by atoms with E-state index in [1.165, 1.54) is 24.6 Å². The van der Waals surface area contributed by atoms with Crippen LogP contribution in [0, 0.1) is 17.0 Å². The van der Waals surface area contributed by atoms with Crippen LogP contribution in [0.25, 0.3) is 0 Å². The van der Waals surface area contributed by atoms with Crippen molar-refractivity contribution < 1.29 is 8.78 Å². The molecule has 1 N–H and O–H groups in total. The van der Waals surface area contributed by atoms with Crippen LogP contribution in [0.4, 0.5) is 8.78 Å². The maximum Gasteiger partial charge on any atom is 0.127 e. The fourth-order valence-corrected chi connectivity index (χ4v) is 3.21. The molecule has 2 aliphatic heterocycles. The molecule has 1 atom stereocenters. The van der Waals surface area contributed by atoms with Gasteiger partial charge in [0.2, 0.25) is 0 Å². The predicted molar refractivity (Wildman–Crippen MR) is 73.4 cm³/mol. The number of nitrogens with zero attached hydrogens (tertiary/aromatic N) is 1. The van der Waals surface area contributed by atoms with E-state index in [-0.39, 0.29) is 24.0 Å². The van der Waals surface area contributed by atoms with Crippen molar-refractivity contribution in [2.75, 3.05) is 26.2 Å². The first kappa shape index (κ1) is 14.7. The molecule has 2 heterocycles. The molecule has 1 aromatic rings. The third kappa shape index (κ3) is 3.07. The van der Waals surface area contributed by atoms with Crippen LogP contribution in [-0.2, 0) is 6.54 Å². The minimum atomic E-state index is -0.358. The summed E-state index contributed by atoms with van der Waals surface area (Å²) in [5.41, 5.74) is 0.849. The van der Waals surface area contributed by atoms with Crippen molar-refractivity contribution in [3.8, 4) is 0 Å². The lowest BCUT2D eigenvalue weighted by Crippen LogP contribution is -2.29. The first-order chi connectivity index (χ1) is 8.67. The summed E-state index contributed by atoms with van der Waals surface area (Å²) in [6.07, 6.45) is 2.37. The number of halogens is 3. The van der Waals surface area contributed by atoms with Gasteiger partial charge in [0.25, 0.3) is 0 Å². The second-order valence-corrected chi connectivity index (χ2v) is 5.62. The summed E-state index contributed by atoms with van der Waals surface area (Å²) in [4.78, 5) is 2.24. The van der Waals surface area contributed by atoms with E-state index < -0.39 is 0 Å². The molecule has 19 heavy (non-hydrogen) atoms. The van der Waals surface area contributed by atoms with E-state index in [0.29, 0.717) is 17.5 Å². The highest BCUT2D eigenvalue weighted by molar-refractivity contribution is 5.85. The summed E-state index contributed by atoms with van der Waals surface area (Å²) in [7, 11) is 0. The van der Waals surface area contributed by atoms with Gasteiger partial charge < -0.3 is 5.32 Å². The van der Waals surface area contributed by atoms with Gasteiger partial charge in [-0.05, 0) is 49.5 Å². The van der Waals surface area contributed by atoms with E-state index in [9.17, 15) is 8.78 Å². The van der Waals surface area contributed by atoms with Gasteiger partial charge in [-0.3, -0.25) is 4.90 Å². The molecular formula is C14H19ClF2N2. The van der Waals surface area contributed by atoms with Gasteiger partial charge in [0.1, 0.15) is 11.6 Å². The van der Waals surface area contributed by atoms with Crippen molar-refractivity contribution in [3.05, 3.63) is 35.4 Å². The molecule has 1 aromatic carbocycles. The number of nitrogens with one attached hydrogen (secondary N) is 1. The molecule has 2 fully saturated rings. The van der Waals surface area contributed by atoms with Crippen LogP contribution in [0.1, 0.15) is 18.4 Å². The largest absolute Gasteiger partial charge is 0.316 e. The maximum absolute atomic E-state index is 13.6. The molecule has 0 aromatic heterocycles. The summed E-state index contributed by atoms with van der Waals surface area (Å²) in [5, 5.41) is 3.40. The number of hydrogen-bond acceptors (Lipinski definition) is 2. The Bertz CT molecular complexity index is 447. The summed E-state index contributed by atoms with van der Waals surface area (Å²) < 4.78 is 26.7. The molecule has 0 amide bonds. The Morgan fingerprint density at radius 2 is 2.11 bits per heavy atom. The van der Waals surface area contributed by atoms with Crippen molar-refractivity contribution in [1.82, 2.24) is 10.2 Å². The van der Waals surface area contributed by atoms with Crippen LogP contribution < -0.4 is 5.32 Å². The Morgan fingerprint density at radius 1 is 1.26 bits per heavy atom. The van der Waals surface area contributed by atoms with E-state index in [4.69, 9.17) is 0 Å². The Hall–Kier alpha value is -0.710. The van der Waals surface area contributed by atoms with Gasteiger partial charge in [-0.25, -0.2) is 8.78 Å². The molecule has 3 rings (SSSR count). The zero-order valence-electron chi connectivity index (χ0n) is 10.8. The molecule has 0 radical (unpaired) electrons. The third-order valence-corrected chi connectivity index (χ3v) is 4.25. The van der Waals surface area contributed by atoms with Crippen LogP contribution in [0.3, 0.4) is 0 Å². The quantitative estimate of drug-likeness (QED) is 0.900. The van der Waals surface area contributed by atoms with E-state index in [1.54, 1.807) is 0 Å². The highest BCUT2D eigenvalue weighted by atomic mass is 35.5. The van der Waals surface area contributed by atoms with Crippen LogP contribution in [0.5, 0.6) is 0 Å². The minimum Gasteiger partial charge on any atom is -0.316 e. The van der Waals surface area contributed by atoms with E-state index >= 15 is 0 Å². The highest BCUT2D eigenvalue weighted by Gasteiger charge is 2.40. The Balaban J connectivity index is 0.00000133. The number of rotatable bonds is 2. The number of likely N-dealkylation sites (tertiary alicyclic amines) is 1. The van der Waals surface area contributed by atoms with Gasteiger partial charge in [-0.15, -0.1) is 12.4 Å². The van der Waals surface area contributed by atoms with Crippen LogP contribution in [0.2, 0.25) is 0 Å². The molecule has 2 saturated heterocycles. The topological polar surface area (TPSA) is 15.3 Å². The summed E-state index contributed by atoms with van der Waals surface area (Å²) in [6, 6.07) is 3.70. The van der Waals surface area contributed by atoms with Crippen LogP contribution in [-0.4, -0.2) is 31.1 Å². The number of hydrogen-bond donors (Lipinski definition) is 1. The minimum absolute atomic E-state index is 0. The van der Waals surface area contributed by atoms with E-state index in [2.05, 4.69) is 10.2 Å². The van der Waals surface area contributed by atoms with Gasteiger partial charge in [-0.1, -0.05) is 0 Å². The van der Waals surface area contributed by atoms with E-state index in [0.717, 1.165) is 32.6 Å². The zero-order valence-corrected chi connectivity index (χ0v) is 11.6. The van der Waals surface area contributed by atoms with Crippen molar-refractivity contribution >= 4 is 12.4 Å². The van der Waals surface area contributed by atoms with Gasteiger partial charge in [-0.2, -0.15) is 0 Å². The van der Waals surface area contributed by atoms with Gasteiger partial charge >= 0.3 is 0 Å². The average molecular weight is 289 g/mol. The molecule has 0 saturated carbocycles. The molecular weight excluding hydrogens is 270 g/mol. The second-order valence-electron chi connectivity index (χ2n) is 5.62. The first-order valence-electron chi connectivity index (χ1n) is 6.54. The van der Waals surface area contributed by atoms with Gasteiger partial charge in [0.15, 0.2) is 0 Å². The lowest BCUT2D eigenvalue weighted by Gasteiger charge is -2.23. The Morgan fingerprint density at radius 3 is 2.84 bits per heavy atom. The smallest absolute Gasteiger partial charge is 0.127 e. The maximum atomic E-state index is 13.6. The molecule has 106 valence electrons. The van der Waals surface area contributed by atoms with Gasteiger partial charge in [0, 0.05) is 25.2 Å². The van der Waals surface area contributed by atoms with Crippen molar-refractivity contribution in [3.63, 3.8) is 0 Å². The average Bonchev–Trinajstić information content (AvgIpc) is 2.95. The third-order valence-electron chi connectivity index (χ3n) is 4.25. The highest BCUT2D eigenvalue weighted by Crippen LogP contribution is 2.36. The first-order valence-corrected chi connectivity index (χ1v) is 6.54. The summed E-state index contributed by atoms with van der Waals surface area (Å²) in [5.74, 6) is -0.662. The molecule has 0 bridgehead atoms. The second kappa shape index (κ2) is 5.73. The zero-order chi connectivity index (χ0) is 12.6.